The average molecular weight is 347 g/mol. The van der Waals surface area contributed by atoms with E-state index in [1.54, 1.807) is 35.3 Å². The topological polar surface area (TPSA) is 46.8 Å². The van der Waals surface area contributed by atoms with E-state index in [-0.39, 0.29) is 5.82 Å². The van der Waals surface area contributed by atoms with Crippen LogP contribution in [0.3, 0.4) is 0 Å². The van der Waals surface area contributed by atoms with Gasteiger partial charge in [0.05, 0.1) is 23.6 Å². The Morgan fingerprint density at radius 2 is 1.88 bits per heavy atom. The standard InChI is InChI=1S/C20H18FN5/c1-25(2)13-14-6-5-7-15(10-14)26-19-12-22-20(24-18(19)11-23-26)16-8-3-4-9-17(16)21/h3-12H,13H2,1-2H3. The molecule has 0 N–H and O–H groups in total. The molecule has 4 aromatic rings. The van der Waals surface area contributed by atoms with Crippen LogP contribution in [0, 0.1) is 5.82 Å². The first-order valence-electron chi connectivity index (χ1n) is 8.31. The Kier molecular flexibility index (Phi) is 4.18. The Labute approximate surface area is 150 Å². The minimum Gasteiger partial charge on any atom is -0.305 e. The molecule has 0 aliphatic rings. The average Bonchev–Trinajstić information content (AvgIpc) is 3.05. The smallest absolute Gasteiger partial charge is 0.162 e. The van der Waals surface area contributed by atoms with Gasteiger partial charge in [-0.3, -0.25) is 0 Å². The van der Waals surface area contributed by atoms with Gasteiger partial charge in [0.1, 0.15) is 16.9 Å². The SMILES string of the molecule is CN(C)Cc1cccc(-n2ncc3nc(-c4ccccc4F)ncc32)c1. The third-order valence-corrected chi connectivity index (χ3v) is 4.09. The third kappa shape index (κ3) is 3.07. The van der Waals surface area contributed by atoms with E-state index < -0.39 is 0 Å². The van der Waals surface area contributed by atoms with Gasteiger partial charge in [0.25, 0.3) is 0 Å². The number of aromatic nitrogens is 4. The Morgan fingerprint density at radius 1 is 1.04 bits per heavy atom. The van der Waals surface area contributed by atoms with Crippen LogP contribution in [0.2, 0.25) is 0 Å². The summed E-state index contributed by atoms with van der Waals surface area (Å²) in [6, 6.07) is 14.7. The molecule has 6 heteroatoms. The van der Waals surface area contributed by atoms with E-state index in [9.17, 15) is 4.39 Å². The molecule has 0 aliphatic heterocycles. The largest absolute Gasteiger partial charge is 0.305 e. The van der Waals surface area contributed by atoms with Gasteiger partial charge in [-0.25, -0.2) is 19.0 Å². The van der Waals surface area contributed by atoms with Crippen molar-refractivity contribution in [3.8, 4) is 17.1 Å². The molecule has 2 aromatic carbocycles. The van der Waals surface area contributed by atoms with Gasteiger partial charge in [-0.15, -0.1) is 0 Å². The van der Waals surface area contributed by atoms with Gasteiger partial charge < -0.3 is 4.90 Å². The van der Waals surface area contributed by atoms with Crippen LogP contribution in [-0.2, 0) is 6.54 Å². The lowest BCUT2D eigenvalue weighted by Gasteiger charge is -2.11. The Balaban J connectivity index is 1.76. The molecule has 0 bridgehead atoms. The lowest BCUT2D eigenvalue weighted by molar-refractivity contribution is 0.402. The number of benzene rings is 2. The predicted octanol–water partition coefficient (Wildman–Crippen LogP) is 3.68. The molecule has 4 rings (SSSR count). The number of hydrogen-bond donors (Lipinski definition) is 0. The molecular weight excluding hydrogens is 329 g/mol. The second-order valence-electron chi connectivity index (χ2n) is 6.41. The van der Waals surface area contributed by atoms with E-state index in [0.717, 1.165) is 17.7 Å². The summed E-state index contributed by atoms with van der Waals surface area (Å²) < 4.78 is 15.8. The van der Waals surface area contributed by atoms with Gasteiger partial charge in [0, 0.05) is 6.54 Å². The van der Waals surface area contributed by atoms with Crippen LogP contribution in [0.15, 0.2) is 60.9 Å². The van der Waals surface area contributed by atoms with Gasteiger partial charge >= 0.3 is 0 Å². The van der Waals surface area contributed by atoms with Gasteiger partial charge in [0.2, 0.25) is 0 Å². The van der Waals surface area contributed by atoms with Gasteiger partial charge in [-0.05, 0) is 43.9 Å². The molecule has 0 unspecified atom stereocenters. The van der Waals surface area contributed by atoms with E-state index >= 15 is 0 Å². The molecule has 2 aromatic heterocycles. The highest BCUT2D eigenvalue weighted by Gasteiger charge is 2.12. The Hall–Kier alpha value is -3.12. The lowest BCUT2D eigenvalue weighted by Crippen LogP contribution is -2.11. The molecule has 130 valence electrons. The zero-order valence-corrected chi connectivity index (χ0v) is 14.6. The molecule has 0 radical (unpaired) electrons. The van der Waals surface area contributed by atoms with Crippen LogP contribution in [0.25, 0.3) is 28.1 Å². The zero-order chi connectivity index (χ0) is 18.1. The summed E-state index contributed by atoms with van der Waals surface area (Å²) in [6.45, 7) is 0.848. The Bertz CT molecular complexity index is 1070. The fourth-order valence-electron chi connectivity index (χ4n) is 2.95. The maximum Gasteiger partial charge on any atom is 0.162 e. The first kappa shape index (κ1) is 16.4. The summed E-state index contributed by atoms with van der Waals surface area (Å²) in [5, 5.41) is 4.45. The summed E-state index contributed by atoms with van der Waals surface area (Å²) in [5.74, 6) is 0.0205. The van der Waals surface area contributed by atoms with Crippen molar-refractivity contribution >= 4 is 11.0 Å². The maximum absolute atomic E-state index is 14.0. The first-order valence-corrected chi connectivity index (χ1v) is 8.31. The first-order chi connectivity index (χ1) is 12.6. The van der Waals surface area contributed by atoms with Crippen molar-refractivity contribution in [3.05, 3.63) is 72.3 Å². The fourth-order valence-corrected chi connectivity index (χ4v) is 2.95. The summed E-state index contributed by atoms with van der Waals surface area (Å²) in [7, 11) is 4.07. The number of rotatable bonds is 4. The highest BCUT2D eigenvalue weighted by atomic mass is 19.1. The van der Waals surface area contributed by atoms with Crippen LogP contribution >= 0.6 is 0 Å². The molecule has 5 nitrogen and oxygen atoms in total. The molecule has 0 amide bonds. The van der Waals surface area contributed by atoms with Crippen LogP contribution in [0.1, 0.15) is 5.56 Å². The van der Waals surface area contributed by atoms with E-state index in [2.05, 4.69) is 32.1 Å². The second-order valence-corrected chi connectivity index (χ2v) is 6.41. The third-order valence-electron chi connectivity index (χ3n) is 4.09. The van der Waals surface area contributed by atoms with Crippen molar-refractivity contribution in [2.45, 2.75) is 6.54 Å². The van der Waals surface area contributed by atoms with Gasteiger partial charge in [-0.1, -0.05) is 24.3 Å². The maximum atomic E-state index is 14.0. The highest BCUT2D eigenvalue weighted by Crippen LogP contribution is 2.23. The second kappa shape index (κ2) is 6.65. The molecule has 26 heavy (non-hydrogen) atoms. The van der Waals surface area contributed by atoms with Crippen LogP contribution < -0.4 is 0 Å². The van der Waals surface area contributed by atoms with Crippen LogP contribution in [0.5, 0.6) is 0 Å². The summed E-state index contributed by atoms with van der Waals surface area (Å²) >= 11 is 0. The summed E-state index contributed by atoms with van der Waals surface area (Å²) in [6.07, 6.45) is 3.37. The molecule has 0 spiro atoms. The normalized spacial score (nSPS) is 11.4. The molecular formula is C20H18FN5. The van der Waals surface area contributed by atoms with Crippen LogP contribution in [-0.4, -0.2) is 38.7 Å². The van der Waals surface area contributed by atoms with Crippen molar-refractivity contribution in [2.24, 2.45) is 0 Å². The van der Waals surface area contributed by atoms with Gasteiger partial charge in [0.15, 0.2) is 5.82 Å². The van der Waals surface area contributed by atoms with Crippen molar-refractivity contribution < 1.29 is 4.39 Å². The van der Waals surface area contributed by atoms with Crippen molar-refractivity contribution in [3.63, 3.8) is 0 Å². The van der Waals surface area contributed by atoms with E-state index in [0.29, 0.717) is 16.9 Å². The Morgan fingerprint density at radius 3 is 2.69 bits per heavy atom. The molecule has 2 heterocycles. The summed E-state index contributed by atoms with van der Waals surface area (Å²) in [4.78, 5) is 10.9. The predicted molar refractivity (Wildman–Crippen MR) is 99.4 cm³/mol. The van der Waals surface area contributed by atoms with E-state index in [1.165, 1.54) is 11.6 Å². The minimum absolute atomic E-state index is 0.337. The number of hydrogen-bond acceptors (Lipinski definition) is 4. The molecule has 0 saturated carbocycles. The van der Waals surface area contributed by atoms with Crippen molar-refractivity contribution in [1.29, 1.82) is 0 Å². The quantitative estimate of drug-likeness (QED) is 0.565. The minimum atomic E-state index is -0.337. The zero-order valence-electron chi connectivity index (χ0n) is 14.6. The molecule has 0 atom stereocenters. The number of halogens is 1. The van der Waals surface area contributed by atoms with E-state index in [4.69, 9.17) is 0 Å². The van der Waals surface area contributed by atoms with Crippen molar-refractivity contribution in [2.75, 3.05) is 14.1 Å². The highest BCUT2D eigenvalue weighted by molar-refractivity contribution is 5.77. The number of fused-ring (bicyclic) bond motifs is 1. The monoisotopic (exact) mass is 347 g/mol. The molecule has 0 fully saturated rings. The van der Waals surface area contributed by atoms with E-state index in [1.807, 2.05) is 26.2 Å². The fraction of sp³-hybridized carbons (Fsp3) is 0.150. The van der Waals surface area contributed by atoms with Crippen molar-refractivity contribution in [1.82, 2.24) is 24.6 Å². The van der Waals surface area contributed by atoms with Gasteiger partial charge in [-0.2, -0.15) is 5.10 Å². The molecule has 0 aliphatic carbocycles. The van der Waals surface area contributed by atoms with Crippen LogP contribution in [0.4, 0.5) is 4.39 Å². The lowest BCUT2D eigenvalue weighted by atomic mass is 10.2. The molecule has 0 saturated heterocycles. The number of nitrogens with zero attached hydrogens (tertiary/aromatic N) is 5. The summed E-state index contributed by atoms with van der Waals surface area (Å²) in [5.41, 5.74) is 3.99.